The van der Waals surface area contributed by atoms with E-state index in [9.17, 15) is 0 Å². The maximum Gasteiger partial charge on any atom is 0.231 e. The molecule has 0 atom stereocenters. The minimum absolute atomic E-state index is 0.224. The van der Waals surface area contributed by atoms with Crippen molar-refractivity contribution >= 4 is 17.8 Å². The van der Waals surface area contributed by atoms with Crippen LogP contribution >= 0.6 is 0 Å². The maximum atomic E-state index is 5.72. The third-order valence-electron chi connectivity index (χ3n) is 3.06. The zero-order chi connectivity index (χ0) is 13.8. The fourth-order valence-corrected chi connectivity index (χ4v) is 2.11. The van der Waals surface area contributed by atoms with Gasteiger partial charge >= 0.3 is 0 Å². The number of nitrogen functional groups attached to an aromatic ring is 1. The molecule has 0 aromatic carbocycles. The summed E-state index contributed by atoms with van der Waals surface area (Å²) in [6, 6.07) is 0. The summed E-state index contributed by atoms with van der Waals surface area (Å²) in [5.74, 6) is 1.90. The lowest BCUT2D eigenvalue weighted by atomic mass is 10.4. The largest absolute Gasteiger partial charge is 0.368 e. The highest BCUT2D eigenvalue weighted by atomic mass is 16.5. The normalized spacial score (nSPS) is 14.7. The summed E-state index contributed by atoms with van der Waals surface area (Å²) in [6.07, 6.45) is 4.30. The molecule has 3 heterocycles. The molecule has 0 aliphatic carbocycles. The molecular formula is C11H16N8O. The molecule has 9 heteroatoms. The molecule has 0 amide bonds. The molecule has 3 N–H and O–H groups in total. The van der Waals surface area contributed by atoms with Gasteiger partial charge in [-0.2, -0.15) is 19.9 Å². The van der Waals surface area contributed by atoms with Crippen LogP contribution in [-0.4, -0.2) is 44.7 Å². The van der Waals surface area contributed by atoms with E-state index in [4.69, 9.17) is 10.3 Å². The summed E-state index contributed by atoms with van der Waals surface area (Å²) in [5, 5.41) is 6.64. The molecule has 0 spiro atoms. The first-order valence-electron chi connectivity index (χ1n) is 6.57. The van der Waals surface area contributed by atoms with Gasteiger partial charge in [-0.1, -0.05) is 5.16 Å². The van der Waals surface area contributed by atoms with E-state index in [0.29, 0.717) is 30.8 Å². The Labute approximate surface area is 115 Å². The van der Waals surface area contributed by atoms with Crippen molar-refractivity contribution in [2.75, 3.05) is 35.6 Å². The van der Waals surface area contributed by atoms with Crippen LogP contribution < -0.4 is 16.0 Å². The number of rotatable bonds is 5. The molecule has 0 saturated carbocycles. The smallest absolute Gasteiger partial charge is 0.231 e. The van der Waals surface area contributed by atoms with Crippen LogP contribution in [0.5, 0.6) is 0 Å². The summed E-state index contributed by atoms with van der Waals surface area (Å²) >= 11 is 0. The number of nitrogens with one attached hydrogen (secondary N) is 1. The van der Waals surface area contributed by atoms with Gasteiger partial charge in [0.05, 0.1) is 0 Å². The Kier molecular flexibility index (Phi) is 3.57. The number of nitrogens with two attached hydrogens (primary N) is 1. The lowest BCUT2D eigenvalue weighted by Crippen LogP contribution is -2.22. The average Bonchev–Trinajstić information content (AvgIpc) is 3.11. The zero-order valence-corrected chi connectivity index (χ0v) is 11.0. The highest BCUT2D eigenvalue weighted by molar-refractivity contribution is 5.42. The van der Waals surface area contributed by atoms with Gasteiger partial charge in [0, 0.05) is 26.1 Å². The fourth-order valence-electron chi connectivity index (χ4n) is 2.11. The Bertz CT molecular complexity index is 552. The predicted molar refractivity (Wildman–Crippen MR) is 72.2 cm³/mol. The van der Waals surface area contributed by atoms with E-state index in [0.717, 1.165) is 25.9 Å². The van der Waals surface area contributed by atoms with Crippen molar-refractivity contribution in [2.24, 2.45) is 0 Å². The van der Waals surface area contributed by atoms with Gasteiger partial charge in [0.15, 0.2) is 6.33 Å². The topological polar surface area (TPSA) is 119 Å². The van der Waals surface area contributed by atoms with Crippen molar-refractivity contribution in [1.82, 2.24) is 25.1 Å². The van der Waals surface area contributed by atoms with Crippen LogP contribution in [0.1, 0.15) is 18.7 Å². The van der Waals surface area contributed by atoms with Crippen molar-refractivity contribution in [3.8, 4) is 0 Å². The van der Waals surface area contributed by atoms with Crippen LogP contribution in [0, 0.1) is 0 Å². The van der Waals surface area contributed by atoms with Crippen LogP contribution in [0.15, 0.2) is 10.9 Å². The third-order valence-corrected chi connectivity index (χ3v) is 3.06. The van der Waals surface area contributed by atoms with E-state index in [1.54, 1.807) is 0 Å². The minimum Gasteiger partial charge on any atom is -0.368 e. The molecule has 0 bridgehead atoms. The van der Waals surface area contributed by atoms with Crippen molar-refractivity contribution < 1.29 is 4.52 Å². The second-order valence-electron chi connectivity index (χ2n) is 4.52. The van der Waals surface area contributed by atoms with Gasteiger partial charge in [-0.15, -0.1) is 0 Å². The standard InChI is InChI=1S/C11H16N8O/c12-9-16-10(13-4-3-8-14-7-15-20-8)18-11(17-9)19-5-1-2-6-19/h7H,1-6H2,(H3,12,13,16,17,18). The number of hydrogen-bond donors (Lipinski definition) is 2. The Balaban J connectivity index is 1.63. The van der Waals surface area contributed by atoms with Gasteiger partial charge in [-0.25, -0.2) is 0 Å². The van der Waals surface area contributed by atoms with Crippen LogP contribution in [0.2, 0.25) is 0 Å². The second kappa shape index (κ2) is 5.68. The van der Waals surface area contributed by atoms with Crippen LogP contribution in [0.3, 0.4) is 0 Å². The van der Waals surface area contributed by atoms with Gasteiger partial charge in [-0.05, 0) is 12.8 Å². The Morgan fingerprint density at radius 2 is 2.10 bits per heavy atom. The monoisotopic (exact) mass is 276 g/mol. The van der Waals surface area contributed by atoms with Gasteiger partial charge in [0.2, 0.25) is 23.7 Å². The van der Waals surface area contributed by atoms with Crippen molar-refractivity contribution in [1.29, 1.82) is 0 Å². The molecule has 9 nitrogen and oxygen atoms in total. The van der Waals surface area contributed by atoms with Crippen LogP contribution in [0.4, 0.5) is 17.8 Å². The van der Waals surface area contributed by atoms with Crippen molar-refractivity contribution in [3.05, 3.63) is 12.2 Å². The van der Waals surface area contributed by atoms with Gasteiger partial charge in [0.25, 0.3) is 0 Å². The molecule has 1 fully saturated rings. The van der Waals surface area contributed by atoms with Crippen molar-refractivity contribution in [2.45, 2.75) is 19.3 Å². The number of nitrogens with zero attached hydrogens (tertiary/aromatic N) is 6. The molecular weight excluding hydrogens is 260 g/mol. The van der Waals surface area contributed by atoms with E-state index in [1.165, 1.54) is 6.33 Å². The molecule has 1 aliphatic heterocycles. The summed E-state index contributed by atoms with van der Waals surface area (Å²) in [5.41, 5.74) is 5.72. The summed E-state index contributed by atoms with van der Waals surface area (Å²) < 4.78 is 4.91. The molecule has 2 aromatic heterocycles. The van der Waals surface area contributed by atoms with Crippen molar-refractivity contribution in [3.63, 3.8) is 0 Å². The number of aromatic nitrogens is 5. The zero-order valence-electron chi connectivity index (χ0n) is 11.0. The Morgan fingerprint density at radius 1 is 1.25 bits per heavy atom. The highest BCUT2D eigenvalue weighted by Crippen LogP contribution is 2.17. The molecule has 0 unspecified atom stereocenters. The van der Waals surface area contributed by atoms with Gasteiger partial charge < -0.3 is 20.5 Å². The van der Waals surface area contributed by atoms with E-state index in [-0.39, 0.29) is 5.95 Å². The first kappa shape index (κ1) is 12.6. The minimum atomic E-state index is 0.224. The maximum absolute atomic E-state index is 5.72. The summed E-state index contributed by atoms with van der Waals surface area (Å²) in [4.78, 5) is 18.7. The molecule has 1 saturated heterocycles. The second-order valence-corrected chi connectivity index (χ2v) is 4.52. The lowest BCUT2D eigenvalue weighted by molar-refractivity contribution is 0.379. The third kappa shape index (κ3) is 2.92. The Morgan fingerprint density at radius 3 is 2.85 bits per heavy atom. The van der Waals surface area contributed by atoms with Crippen LogP contribution in [0.25, 0.3) is 0 Å². The molecule has 2 aromatic rings. The van der Waals surface area contributed by atoms with E-state index < -0.39 is 0 Å². The highest BCUT2D eigenvalue weighted by Gasteiger charge is 2.16. The van der Waals surface area contributed by atoms with Gasteiger partial charge in [0.1, 0.15) is 0 Å². The lowest BCUT2D eigenvalue weighted by Gasteiger charge is -2.15. The fraction of sp³-hybridized carbons (Fsp3) is 0.545. The van der Waals surface area contributed by atoms with E-state index in [1.807, 2.05) is 0 Å². The number of hydrogen-bond acceptors (Lipinski definition) is 9. The Hall–Kier alpha value is -2.45. The first-order valence-corrected chi connectivity index (χ1v) is 6.57. The summed E-state index contributed by atoms with van der Waals surface area (Å²) in [7, 11) is 0. The van der Waals surface area contributed by atoms with Gasteiger partial charge in [-0.3, -0.25) is 0 Å². The quantitative estimate of drug-likeness (QED) is 0.782. The molecule has 0 radical (unpaired) electrons. The first-order chi connectivity index (χ1) is 9.81. The van der Waals surface area contributed by atoms with Crippen LogP contribution in [-0.2, 0) is 6.42 Å². The average molecular weight is 276 g/mol. The molecule has 20 heavy (non-hydrogen) atoms. The predicted octanol–water partition coefficient (Wildman–Crippen LogP) is 0.0916. The molecule has 3 rings (SSSR count). The summed E-state index contributed by atoms with van der Waals surface area (Å²) in [6.45, 7) is 2.51. The SMILES string of the molecule is Nc1nc(NCCc2ncno2)nc(N2CCCC2)n1. The number of anilines is 3. The molecule has 106 valence electrons. The molecule has 1 aliphatic rings. The van der Waals surface area contributed by atoms with E-state index >= 15 is 0 Å². The van der Waals surface area contributed by atoms with E-state index in [2.05, 4.69) is 35.3 Å².